The summed E-state index contributed by atoms with van der Waals surface area (Å²) in [6.45, 7) is 8.36. The van der Waals surface area contributed by atoms with Crippen LogP contribution in [-0.4, -0.2) is 86.3 Å². The van der Waals surface area contributed by atoms with E-state index in [9.17, 15) is 14.7 Å². The highest BCUT2D eigenvalue weighted by Crippen LogP contribution is 2.42. The van der Waals surface area contributed by atoms with Gasteiger partial charge in [0.15, 0.2) is 11.5 Å². The minimum atomic E-state index is -0.780. The molecule has 0 radical (unpaired) electrons. The molecule has 1 amide bonds. The molecule has 0 saturated carbocycles. The standard InChI is InChI=1S/C28H34N2O7/c1-4-36-22-11-8-20(18-23(22)37-5-2)25-24(26(31)19-6-9-21(34-3)10-7-19)27(32)28(33)30(25)13-12-29-14-16-35-17-15-29/h6-11,18,25,31H,4-5,12-17H2,1-3H3/b26-24-. The van der Waals surface area contributed by atoms with Crippen molar-refractivity contribution in [2.45, 2.75) is 19.9 Å². The smallest absolute Gasteiger partial charge is 0.295 e. The van der Waals surface area contributed by atoms with Gasteiger partial charge in [0.05, 0.1) is 45.2 Å². The van der Waals surface area contributed by atoms with Gasteiger partial charge in [0.25, 0.3) is 11.7 Å². The van der Waals surface area contributed by atoms with Crippen LogP contribution in [-0.2, 0) is 14.3 Å². The molecule has 2 aliphatic rings. The first kappa shape index (κ1) is 26.5. The van der Waals surface area contributed by atoms with Crippen LogP contribution in [0, 0.1) is 0 Å². The topological polar surface area (TPSA) is 97.8 Å². The van der Waals surface area contributed by atoms with E-state index in [1.54, 1.807) is 43.5 Å². The van der Waals surface area contributed by atoms with E-state index >= 15 is 0 Å². The van der Waals surface area contributed by atoms with Crippen LogP contribution < -0.4 is 14.2 Å². The van der Waals surface area contributed by atoms with E-state index in [0.29, 0.717) is 67.9 Å². The number of benzene rings is 2. The molecule has 1 atom stereocenters. The van der Waals surface area contributed by atoms with Crippen LogP contribution >= 0.6 is 0 Å². The van der Waals surface area contributed by atoms with Crippen molar-refractivity contribution in [1.29, 1.82) is 0 Å². The lowest BCUT2D eigenvalue weighted by Crippen LogP contribution is -2.42. The molecule has 37 heavy (non-hydrogen) atoms. The second kappa shape index (κ2) is 12.1. The van der Waals surface area contributed by atoms with Gasteiger partial charge < -0.3 is 29.0 Å². The highest BCUT2D eigenvalue weighted by Gasteiger charge is 2.46. The number of carbonyl (C=O) groups is 2. The van der Waals surface area contributed by atoms with Crippen molar-refractivity contribution in [3.8, 4) is 17.2 Å². The normalized spacial score (nSPS) is 19.8. The van der Waals surface area contributed by atoms with Crippen molar-refractivity contribution in [2.24, 2.45) is 0 Å². The summed E-state index contributed by atoms with van der Waals surface area (Å²) >= 11 is 0. The number of morpholine rings is 1. The van der Waals surface area contributed by atoms with Crippen LogP contribution in [0.15, 0.2) is 48.0 Å². The fourth-order valence-corrected chi connectivity index (χ4v) is 4.67. The Bertz CT molecular complexity index is 1140. The number of ketones is 1. The van der Waals surface area contributed by atoms with Crippen molar-refractivity contribution in [3.05, 3.63) is 59.2 Å². The second-order valence-corrected chi connectivity index (χ2v) is 8.75. The molecule has 1 N–H and O–H groups in total. The second-order valence-electron chi connectivity index (χ2n) is 8.75. The van der Waals surface area contributed by atoms with E-state index in [4.69, 9.17) is 18.9 Å². The lowest BCUT2D eigenvalue weighted by Gasteiger charge is -2.31. The Morgan fingerprint density at radius 3 is 2.30 bits per heavy atom. The van der Waals surface area contributed by atoms with E-state index < -0.39 is 17.7 Å². The number of aliphatic hydroxyl groups is 1. The Balaban J connectivity index is 1.77. The molecule has 0 bridgehead atoms. The van der Waals surface area contributed by atoms with Gasteiger partial charge >= 0.3 is 0 Å². The lowest BCUT2D eigenvalue weighted by atomic mass is 9.95. The van der Waals surface area contributed by atoms with E-state index in [1.807, 2.05) is 19.9 Å². The molecule has 2 aliphatic heterocycles. The van der Waals surface area contributed by atoms with Gasteiger partial charge in [-0.2, -0.15) is 0 Å². The molecule has 2 aromatic carbocycles. The molecule has 0 aromatic heterocycles. The molecular formula is C28H34N2O7. The summed E-state index contributed by atoms with van der Waals surface area (Å²) in [6, 6.07) is 11.3. The van der Waals surface area contributed by atoms with Gasteiger partial charge in [0, 0.05) is 31.7 Å². The van der Waals surface area contributed by atoms with Crippen LogP contribution in [0.25, 0.3) is 5.76 Å². The highest BCUT2D eigenvalue weighted by atomic mass is 16.5. The van der Waals surface area contributed by atoms with E-state index in [1.165, 1.54) is 4.90 Å². The van der Waals surface area contributed by atoms with Gasteiger partial charge in [-0.05, 0) is 55.8 Å². The summed E-state index contributed by atoms with van der Waals surface area (Å²) in [4.78, 5) is 30.4. The summed E-state index contributed by atoms with van der Waals surface area (Å²) in [5, 5.41) is 11.3. The van der Waals surface area contributed by atoms with Gasteiger partial charge in [0.1, 0.15) is 11.5 Å². The maximum absolute atomic E-state index is 13.3. The molecule has 0 aliphatic carbocycles. The summed E-state index contributed by atoms with van der Waals surface area (Å²) in [7, 11) is 1.55. The Morgan fingerprint density at radius 2 is 1.65 bits per heavy atom. The van der Waals surface area contributed by atoms with Gasteiger partial charge in [0.2, 0.25) is 0 Å². The van der Waals surface area contributed by atoms with Crippen molar-refractivity contribution in [1.82, 2.24) is 9.80 Å². The third-order valence-corrected chi connectivity index (χ3v) is 6.55. The number of ether oxygens (including phenoxy) is 4. The third-order valence-electron chi connectivity index (χ3n) is 6.55. The molecule has 2 fully saturated rings. The molecular weight excluding hydrogens is 476 g/mol. The zero-order chi connectivity index (χ0) is 26.4. The van der Waals surface area contributed by atoms with Crippen LogP contribution in [0.1, 0.15) is 31.0 Å². The number of amides is 1. The predicted molar refractivity (Wildman–Crippen MR) is 138 cm³/mol. The number of hydrogen-bond donors (Lipinski definition) is 1. The average Bonchev–Trinajstić information content (AvgIpc) is 3.18. The lowest BCUT2D eigenvalue weighted by molar-refractivity contribution is -0.140. The Kier molecular flexibility index (Phi) is 8.68. The number of carbonyl (C=O) groups excluding carboxylic acids is 2. The highest BCUT2D eigenvalue weighted by molar-refractivity contribution is 6.46. The van der Waals surface area contributed by atoms with Crippen molar-refractivity contribution >= 4 is 17.4 Å². The molecule has 2 aromatic rings. The zero-order valence-corrected chi connectivity index (χ0v) is 21.6. The first-order valence-electron chi connectivity index (χ1n) is 12.6. The number of rotatable bonds is 10. The molecule has 1 unspecified atom stereocenters. The predicted octanol–water partition coefficient (Wildman–Crippen LogP) is 3.25. The van der Waals surface area contributed by atoms with Crippen molar-refractivity contribution in [2.75, 3.05) is 59.7 Å². The fourth-order valence-electron chi connectivity index (χ4n) is 4.67. The first-order chi connectivity index (χ1) is 18.0. The quantitative estimate of drug-likeness (QED) is 0.296. The number of methoxy groups -OCH3 is 1. The number of hydrogen-bond acceptors (Lipinski definition) is 8. The van der Waals surface area contributed by atoms with Gasteiger partial charge in [-0.3, -0.25) is 14.5 Å². The summed E-state index contributed by atoms with van der Waals surface area (Å²) in [5.74, 6) is 0.129. The van der Waals surface area contributed by atoms with Crippen LogP contribution in [0.3, 0.4) is 0 Å². The number of Topliss-reactive ketones (excluding diaryl/α,β-unsaturated/α-hetero) is 1. The van der Waals surface area contributed by atoms with E-state index in [0.717, 1.165) is 13.1 Å². The SMILES string of the molecule is CCOc1ccc(C2/C(=C(/O)c3ccc(OC)cc3)C(=O)C(=O)N2CCN2CCOCC2)cc1OCC. The van der Waals surface area contributed by atoms with Crippen LogP contribution in [0.5, 0.6) is 17.2 Å². The molecule has 9 nitrogen and oxygen atoms in total. The van der Waals surface area contributed by atoms with E-state index in [-0.39, 0.29) is 11.3 Å². The minimum absolute atomic E-state index is 0.0451. The summed E-state index contributed by atoms with van der Waals surface area (Å²) < 4.78 is 22.2. The largest absolute Gasteiger partial charge is 0.507 e. The molecule has 2 saturated heterocycles. The van der Waals surface area contributed by atoms with Gasteiger partial charge in [-0.15, -0.1) is 0 Å². The monoisotopic (exact) mass is 510 g/mol. The van der Waals surface area contributed by atoms with Crippen molar-refractivity contribution < 1.29 is 33.6 Å². The third kappa shape index (κ3) is 5.73. The molecule has 9 heteroatoms. The zero-order valence-electron chi connectivity index (χ0n) is 21.6. The number of aliphatic hydroxyl groups excluding tert-OH is 1. The maximum atomic E-state index is 13.3. The summed E-state index contributed by atoms with van der Waals surface area (Å²) in [6.07, 6.45) is 0. The van der Waals surface area contributed by atoms with Gasteiger partial charge in [-0.25, -0.2) is 0 Å². The Labute approximate surface area is 217 Å². The molecule has 4 rings (SSSR count). The Morgan fingerprint density at radius 1 is 0.973 bits per heavy atom. The average molecular weight is 511 g/mol. The Hall–Kier alpha value is -3.56. The number of likely N-dealkylation sites (tertiary alicyclic amines) is 1. The summed E-state index contributed by atoms with van der Waals surface area (Å²) in [5.41, 5.74) is 1.12. The molecule has 198 valence electrons. The van der Waals surface area contributed by atoms with Crippen molar-refractivity contribution in [3.63, 3.8) is 0 Å². The first-order valence-corrected chi connectivity index (χ1v) is 12.6. The molecule has 0 spiro atoms. The van der Waals surface area contributed by atoms with Gasteiger partial charge in [-0.1, -0.05) is 6.07 Å². The maximum Gasteiger partial charge on any atom is 0.295 e. The minimum Gasteiger partial charge on any atom is -0.507 e. The fraction of sp³-hybridized carbons (Fsp3) is 0.429. The number of nitrogens with zero attached hydrogens (tertiary/aromatic N) is 2. The van der Waals surface area contributed by atoms with Crippen LogP contribution in [0.4, 0.5) is 0 Å². The molecule has 2 heterocycles. The van der Waals surface area contributed by atoms with E-state index in [2.05, 4.69) is 4.90 Å². The van der Waals surface area contributed by atoms with Crippen LogP contribution in [0.2, 0.25) is 0 Å².